The van der Waals surface area contributed by atoms with Crippen LogP contribution in [0, 0.1) is 0 Å². The summed E-state index contributed by atoms with van der Waals surface area (Å²) in [5, 5.41) is 14.0. The van der Waals surface area contributed by atoms with Gasteiger partial charge in [0.25, 0.3) is 5.89 Å². The van der Waals surface area contributed by atoms with E-state index in [2.05, 4.69) is 17.1 Å². The van der Waals surface area contributed by atoms with Crippen molar-refractivity contribution < 1.29 is 9.63 Å². The van der Waals surface area contributed by atoms with Gasteiger partial charge in [-0.05, 0) is 30.2 Å². The first-order valence-electron chi connectivity index (χ1n) is 6.64. The maximum Gasteiger partial charge on any atom is 0.260 e. The van der Waals surface area contributed by atoms with E-state index in [1.807, 2.05) is 18.2 Å². The Labute approximate surface area is 126 Å². The molecule has 0 bridgehead atoms. The van der Waals surface area contributed by atoms with E-state index >= 15 is 0 Å². The van der Waals surface area contributed by atoms with Crippen LogP contribution in [0.2, 0.25) is 0 Å². The number of thiophene rings is 1. The summed E-state index contributed by atoms with van der Waals surface area (Å²) in [6.07, 6.45) is 1.48. The van der Waals surface area contributed by atoms with E-state index in [0.29, 0.717) is 23.1 Å². The minimum absolute atomic E-state index is 0.241. The maximum absolute atomic E-state index is 9.27. The number of benzene rings is 1. The Morgan fingerprint density at radius 3 is 2.71 bits per heavy atom. The predicted octanol–water partition coefficient (Wildman–Crippen LogP) is 3.24. The number of anilines is 1. The zero-order valence-corrected chi connectivity index (χ0v) is 12.4. The molecule has 0 saturated heterocycles. The summed E-state index contributed by atoms with van der Waals surface area (Å²) in [5.74, 6) is 1.29. The lowest BCUT2D eigenvalue weighted by molar-refractivity contribution is 0.424. The molecule has 2 heterocycles. The molecule has 0 aliphatic heterocycles. The van der Waals surface area contributed by atoms with Gasteiger partial charge in [0.05, 0.1) is 10.6 Å². The second-order valence-electron chi connectivity index (χ2n) is 4.70. The van der Waals surface area contributed by atoms with Gasteiger partial charge in [-0.3, -0.25) is 0 Å². The number of nitrogen functional groups attached to an aromatic ring is 1. The van der Waals surface area contributed by atoms with Crippen LogP contribution in [0.5, 0.6) is 5.75 Å². The number of aromatic hydroxyl groups is 1. The first-order valence-corrected chi connectivity index (χ1v) is 7.46. The van der Waals surface area contributed by atoms with Gasteiger partial charge < -0.3 is 15.4 Å². The van der Waals surface area contributed by atoms with Crippen LogP contribution in [0.25, 0.3) is 11.5 Å². The van der Waals surface area contributed by atoms with Crippen molar-refractivity contribution in [3.63, 3.8) is 0 Å². The van der Waals surface area contributed by atoms with Crippen molar-refractivity contribution in [1.29, 1.82) is 0 Å². The van der Waals surface area contributed by atoms with Crippen molar-refractivity contribution in [2.45, 2.75) is 19.8 Å². The zero-order valence-electron chi connectivity index (χ0n) is 11.5. The van der Waals surface area contributed by atoms with E-state index in [-0.39, 0.29) is 5.75 Å². The number of nitrogens with two attached hydrogens (primary N) is 1. The molecule has 0 atom stereocenters. The molecule has 0 fully saturated rings. The van der Waals surface area contributed by atoms with Crippen LogP contribution in [-0.4, -0.2) is 15.2 Å². The molecule has 21 heavy (non-hydrogen) atoms. The Kier molecular flexibility index (Phi) is 3.62. The van der Waals surface area contributed by atoms with Crippen LogP contribution in [0.3, 0.4) is 0 Å². The van der Waals surface area contributed by atoms with Crippen LogP contribution in [0.1, 0.15) is 23.2 Å². The van der Waals surface area contributed by atoms with Crippen LogP contribution in [0.4, 0.5) is 5.00 Å². The number of phenols is 1. The molecule has 0 amide bonds. The maximum atomic E-state index is 9.27. The molecule has 0 saturated carbocycles. The average molecular weight is 301 g/mol. The number of rotatable bonds is 4. The third-order valence-electron chi connectivity index (χ3n) is 3.16. The third-order valence-corrected chi connectivity index (χ3v) is 4.27. The highest BCUT2D eigenvalue weighted by Gasteiger charge is 2.15. The zero-order chi connectivity index (χ0) is 14.8. The lowest BCUT2D eigenvalue weighted by Crippen LogP contribution is -1.90. The van der Waals surface area contributed by atoms with Crippen LogP contribution >= 0.6 is 11.3 Å². The second-order valence-corrected chi connectivity index (χ2v) is 5.87. The van der Waals surface area contributed by atoms with E-state index in [1.165, 1.54) is 4.88 Å². The average Bonchev–Trinajstić information content (AvgIpc) is 3.07. The van der Waals surface area contributed by atoms with Gasteiger partial charge >= 0.3 is 0 Å². The number of phenolic OH excluding ortho intramolecular Hbond substituents is 1. The van der Waals surface area contributed by atoms with Crippen molar-refractivity contribution in [2.75, 3.05) is 5.73 Å². The molecule has 0 aliphatic rings. The number of nitrogens with zero attached hydrogens (tertiary/aromatic N) is 2. The Hall–Kier alpha value is -2.34. The minimum atomic E-state index is 0.241. The van der Waals surface area contributed by atoms with Gasteiger partial charge in [-0.15, -0.1) is 11.3 Å². The van der Waals surface area contributed by atoms with Crippen molar-refractivity contribution in [1.82, 2.24) is 10.1 Å². The van der Waals surface area contributed by atoms with Gasteiger partial charge in [0.2, 0.25) is 0 Å². The van der Waals surface area contributed by atoms with Crippen molar-refractivity contribution in [3.05, 3.63) is 46.6 Å². The highest BCUT2D eigenvalue weighted by atomic mass is 32.1. The summed E-state index contributed by atoms with van der Waals surface area (Å²) in [6, 6.07) is 8.94. The van der Waals surface area contributed by atoms with Gasteiger partial charge in [0, 0.05) is 11.3 Å². The highest BCUT2D eigenvalue weighted by molar-refractivity contribution is 7.16. The highest BCUT2D eigenvalue weighted by Crippen LogP contribution is 2.33. The Balaban J connectivity index is 1.82. The van der Waals surface area contributed by atoms with E-state index in [4.69, 9.17) is 10.3 Å². The Morgan fingerprint density at radius 2 is 2.05 bits per heavy atom. The van der Waals surface area contributed by atoms with E-state index < -0.39 is 0 Å². The summed E-state index contributed by atoms with van der Waals surface area (Å²) in [6.45, 7) is 2.08. The number of aryl methyl sites for hydroxylation is 1. The summed E-state index contributed by atoms with van der Waals surface area (Å²) in [4.78, 5) is 5.59. The monoisotopic (exact) mass is 301 g/mol. The van der Waals surface area contributed by atoms with Crippen LogP contribution < -0.4 is 5.73 Å². The molecule has 0 radical (unpaired) electrons. The molecule has 0 unspecified atom stereocenters. The Morgan fingerprint density at radius 1 is 1.29 bits per heavy atom. The van der Waals surface area contributed by atoms with E-state index in [1.54, 1.807) is 23.5 Å². The van der Waals surface area contributed by atoms with Gasteiger partial charge in [0.15, 0.2) is 5.82 Å². The van der Waals surface area contributed by atoms with Crippen LogP contribution in [0.15, 0.2) is 34.9 Å². The lowest BCUT2D eigenvalue weighted by atomic mass is 10.1. The molecule has 3 rings (SSSR count). The minimum Gasteiger partial charge on any atom is -0.508 e. The van der Waals surface area contributed by atoms with Crippen molar-refractivity contribution >= 4 is 16.3 Å². The fraction of sp³-hybridized carbons (Fsp3) is 0.200. The summed E-state index contributed by atoms with van der Waals surface area (Å²) in [5.41, 5.74) is 7.80. The molecule has 2 aromatic heterocycles. The first kappa shape index (κ1) is 13.6. The molecule has 1 aromatic carbocycles. The molecule has 6 heteroatoms. The molecular formula is C15H15N3O2S. The van der Waals surface area contributed by atoms with Crippen molar-refractivity contribution in [3.8, 4) is 17.2 Å². The van der Waals surface area contributed by atoms with Gasteiger partial charge in [-0.25, -0.2) is 0 Å². The largest absolute Gasteiger partial charge is 0.508 e. The van der Waals surface area contributed by atoms with Gasteiger partial charge in [0.1, 0.15) is 5.75 Å². The molecule has 3 N–H and O–H groups in total. The Bertz CT molecular complexity index is 747. The standard InChI is InChI=1S/C15H15N3O2S/c1-2-11-8-12(14(16)21-11)15-17-13(18-20-15)7-9-3-5-10(19)6-4-9/h3-6,8,19H,2,7,16H2,1H3. The number of hydrogen-bond acceptors (Lipinski definition) is 6. The van der Waals surface area contributed by atoms with E-state index in [9.17, 15) is 5.11 Å². The third kappa shape index (κ3) is 2.90. The molecule has 108 valence electrons. The van der Waals surface area contributed by atoms with Crippen LogP contribution in [-0.2, 0) is 12.8 Å². The van der Waals surface area contributed by atoms with E-state index in [0.717, 1.165) is 17.5 Å². The second kappa shape index (κ2) is 5.57. The lowest BCUT2D eigenvalue weighted by Gasteiger charge is -1.96. The summed E-state index contributed by atoms with van der Waals surface area (Å²) < 4.78 is 5.30. The molecule has 0 aliphatic carbocycles. The summed E-state index contributed by atoms with van der Waals surface area (Å²) in [7, 11) is 0. The smallest absolute Gasteiger partial charge is 0.260 e. The van der Waals surface area contributed by atoms with Gasteiger partial charge in [-0.2, -0.15) is 4.98 Å². The molecule has 5 nitrogen and oxygen atoms in total. The first-order chi connectivity index (χ1) is 10.2. The van der Waals surface area contributed by atoms with Crippen molar-refractivity contribution in [2.24, 2.45) is 0 Å². The quantitative estimate of drug-likeness (QED) is 0.772. The number of aromatic nitrogens is 2. The fourth-order valence-corrected chi connectivity index (χ4v) is 2.89. The normalized spacial score (nSPS) is 10.9. The predicted molar refractivity (Wildman–Crippen MR) is 82.3 cm³/mol. The van der Waals surface area contributed by atoms with Gasteiger partial charge in [-0.1, -0.05) is 24.2 Å². The number of hydrogen-bond donors (Lipinski definition) is 2. The summed E-state index contributed by atoms with van der Waals surface area (Å²) >= 11 is 1.55. The topological polar surface area (TPSA) is 85.2 Å². The molecule has 0 spiro atoms. The molecule has 3 aromatic rings. The SMILES string of the molecule is CCc1cc(-c2nc(Cc3ccc(O)cc3)no2)c(N)s1. The molecular weight excluding hydrogens is 286 g/mol. The fourth-order valence-electron chi connectivity index (χ4n) is 2.03.